The van der Waals surface area contributed by atoms with Gasteiger partial charge in [0.05, 0.1) is 0 Å². The molecule has 0 aliphatic rings. The van der Waals surface area contributed by atoms with E-state index in [0.29, 0.717) is 0 Å². The molecule has 10 heavy (non-hydrogen) atoms. The van der Waals surface area contributed by atoms with Gasteiger partial charge in [0.25, 0.3) is 0 Å². The van der Waals surface area contributed by atoms with E-state index in [1.54, 1.807) is 0 Å². The molecule has 1 rings (SSSR count). The normalized spacial score (nSPS) is 7.20. The van der Waals surface area contributed by atoms with Gasteiger partial charge in [-0.25, -0.2) is 0 Å². The summed E-state index contributed by atoms with van der Waals surface area (Å²) in [6.07, 6.45) is 0. The number of aromatic hydroxyl groups is 2. The largest absolute Gasteiger partial charge is 0.508 e. The minimum absolute atomic E-state index is 0. The van der Waals surface area contributed by atoms with Gasteiger partial charge < -0.3 is 10.2 Å². The third kappa shape index (κ3) is 4.61. The fourth-order valence-electron chi connectivity index (χ4n) is 0.453. The van der Waals surface area contributed by atoms with Crippen LogP contribution in [0.4, 0.5) is 0 Å². The maximum Gasteiger partial charge on any atom is 0.115 e. The second-order valence-corrected chi connectivity index (χ2v) is 1.52. The molecule has 0 bridgehead atoms. The van der Waals surface area contributed by atoms with Crippen LogP contribution in [-0.4, -0.2) is 69.3 Å². The Morgan fingerprint density at radius 3 is 1.10 bits per heavy atom. The standard InChI is InChI=1S/C6H6O2.2Na/c7-5-1-2-6(8)4-3-5;;/h1-4,7-8H;;. The number of phenolic OH excluding ortho intramolecular Hbond substituents is 2. The summed E-state index contributed by atoms with van der Waals surface area (Å²) < 4.78 is 0. The van der Waals surface area contributed by atoms with Crippen molar-refractivity contribution in [1.29, 1.82) is 0 Å². The molecule has 0 saturated carbocycles. The maximum absolute atomic E-state index is 8.65. The average Bonchev–Trinajstić information content (AvgIpc) is 1.77. The predicted octanol–water partition coefficient (Wildman–Crippen LogP) is 0.336. The first kappa shape index (κ1) is 13.4. The average molecular weight is 156 g/mol. The molecule has 0 aliphatic heterocycles. The van der Waals surface area contributed by atoms with Gasteiger partial charge in [-0.1, -0.05) is 0 Å². The molecule has 0 heterocycles. The SMILES string of the molecule is Oc1ccc(O)cc1.[Na].[Na]. The Kier molecular flexibility index (Phi) is 8.75. The van der Waals surface area contributed by atoms with Gasteiger partial charge in [-0.3, -0.25) is 0 Å². The van der Waals surface area contributed by atoms with Crippen molar-refractivity contribution >= 4 is 59.1 Å². The third-order valence-electron chi connectivity index (χ3n) is 0.850. The fourth-order valence-corrected chi connectivity index (χ4v) is 0.453. The molecule has 0 saturated heterocycles. The Balaban J connectivity index is 0. The van der Waals surface area contributed by atoms with E-state index in [0.717, 1.165) is 0 Å². The van der Waals surface area contributed by atoms with E-state index >= 15 is 0 Å². The van der Waals surface area contributed by atoms with Crippen molar-refractivity contribution in [3.8, 4) is 11.5 Å². The summed E-state index contributed by atoms with van der Waals surface area (Å²) in [5, 5.41) is 17.3. The van der Waals surface area contributed by atoms with Gasteiger partial charge in [0.15, 0.2) is 0 Å². The summed E-state index contributed by atoms with van der Waals surface area (Å²) in [6, 6.07) is 5.70. The summed E-state index contributed by atoms with van der Waals surface area (Å²) in [5.41, 5.74) is 0. The van der Waals surface area contributed by atoms with E-state index in [4.69, 9.17) is 10.2 Å². The van der Waals surface area contributed by atoms with E-state index in [2.05, 4.69) is 0 Å². The molecule has 4 heteroatoms. The fraction of sp³-hybridized carbons (Fsp3) is 0. The Bertz CT molecular complexity index is 153. The Hall–Kier alpha value is 0.820. The molecule has 0 amide bonds. The van der Waals surface area contributed by atoms with E-state index < -0.39 is 0 Å². The van der Waals surface area contributed by atoms with Gasteiger partial charge in [-0.15, -0.1) is 0 Å². The van der Waals surface area contributed by atoms with Gasteiger partial charge in [0.1, 0.15) is 11.5 Å². The predicted molar refractivity (Wildman–Crippen MR) is 41.3 cm³/mol. The summed E-state index contributed by atoms with van der Waals surface area (Å²) >= 11 is 0. The van der Waals surface area contributed by atoms with Crippen LogP contribution in [0.2, 0.25) is 0 Å². The number of hydrogen-bond donors (Lipinski definition) is 2. The number of rotatable bonds is 0. The van der Waals surface area contributed by atoms with Gasteiger partial charge in [0.2, 0.25) is 0 Å². The van der Waals surface area contributed by atoms with Crippen molar-refractivity contribution in [3.05, 3.63) is 24.3 Å². The quantitative estimate of drug-likeness (QED) is 0.420. The summed E-state index contributed by atoms with van der Waals surface area (Å²) in [7, 11) is 0. The molecule has 0 spiro atoms. The molecule has 2 N–H and O–H groups in total. The summed E-state index contributed by atoms with van der Waals surface area (Å²) in [4.78, 5) is 0. The van der Waals surface area contributed by atoms with Crippen molar-refractivity contribution in [1.82, 2.24) is 0 Å². The second kappa shape index (κ2) is 6.53. The van der Waals surface area contributed by atoms with Crippen LogP contribution in [0, 0.1) is 0 Å². The van der Waals surface area contributed by atoms with Crippen LogP contribution in [0.25, 0.3) is 0 Å². The smallest absolute Gasteiger partial charge is 0.115 e. The van der Waals surface area contributed by atoms with E-state index in [9.17, 15) is 0 Å². The topological polar surface area (TPSA) is 40.5 Å². The monoisotopic (exact) mass is 156 g/mol. The molecular weight excluding hydrogens is 150 g/mol. The van der Waals surface area contributed by atoms with E-state index in [1.165, 1.54) is 24.3 Å². The van der Waals surface area contributed by atoms with Crippen LogP contribution >= 0.6 is 0 Å². The summed E-state index contributed by atoms with van der Waals surface area (Å²) in [6.45, 7) is 0. The van der Waals surface area contributed by atoms with Crippen molar-refractivity contribution in [3.63, 3.8) is 0 Å². The Morgan fingerprint density at radius 2 is 0.900 bits per heavy atom. The second-order valence-electron chi connectivity index (χ2n) is 1.52. The van der Waals surface area contributed by atoms with Crippen LogP contribution in [-0.2, 0) is 0 Å². The zero-order valence-corrected chi connectivity index (χ0v) is 10.2. The Morgan fingerprint density at radius 1 is 0.700 bits per heavy atom. The minimum atomic E-state index is 0. The van der Waals surface area contributed by atoms with Gasteiger partial charge >= 0.3 is 0 Å². The number of hydrogen-bond acceptors (Lipinski definition) is 2. The minimum Gasteiger partial charge on any atom is -0.508 e. The Labute approximate surface area is 104 Å². The number of benzene rings is 1. The van der Waals surface area contributed by atoms with Gasteiger partial charge in [-0.05, 0) is 24.3 Å². The molecule has 0 aromatic heterocycles. The molecule has 2 radical (unpaired) electrons. The zero-order valence-electron chi connectivity index (χ0n) is 6.20. The number of phenols is 2. The first-order chi connectivity index (χ1) is 3.79. The van der Waals surface area contributed by atoms with Crippen molar-refractivity contribution in [2.75, 3.05) is 0 Å². The molecule has 44 valence electrons. The molecule has 0 unspecified atom stereocenters. The van der Waals surface area contributed by atoms with Crippen LogP contribution in [0.15, 0.2) is 24.3 Å². The molecule has 1 aromatic rings. The van der Waals surface area contributed by atoms with Crippen molar-refractivity contribution in [2.24, 2.45) is 0 Å². The molecule has 1 aromatic carbocycles. The molecular formula is C6H6Na2O2. The van der Waals surface area contributed by atoms with Crippen LogP contribution in [0.5, 0.6) is 11.5 Å². The van der Waals surface area contributed by atoms with Gasteiger partial charge in [0, 0.05) is 59.1 Å². The van der Waals surface area contributed by atoms with E-state index in [-0.39, 0.29) is 70.6 Å². The molecule has 0 aliphatic carbocycles. The zero-order chi connectivity index (χ0) is 5.98. The first-order valence-corrected chi connectivity index (χ1v) is 2.27. The summed E-state index contributed by atoms with van der Waals surface area (Å²) in [5.74, 6) is 0.339. The molecule has 0 fully saturated rings. The van der Waals surface area contributed by atoms with Crippen LogP contribution in [0.3, 0.4) is 0 Å². The maximum atomic E-state index is 8.65. The van der Waals surface area contributed by atoms with Crippen molar-refractivity contribution < 1.29 is 10.2 Å². The van der Waals surface area contributed by atoms with Crippen molar-refractivity contribution in [2.45, 2.75) is 0 Å². The molecule has 0 atom stereocenters. The third-order valence-corrected chi connectivity index (χ3v) is 0.850. The molecule has 2 nitrogen and oxygen atoms in total. The van der Waals surface area contributed by atoms with Crippen LogP contribution < -0.4 is 0 Å². The van der Waals surface area contributed by atoms with E-state index in [1.807, 2.05) is 0 Å². The van der Waals surface area contributed by atoms with Crippen LogP contribution in [0.1, 0.15) is 0 Å². The van der Waals surface area contributed by atoms with Gasteiger partial charge in [-0.2, -0.15) is 0 Å². The first-order valence-electron chi connectivity index (χ1n) is 2.27.